The van der Waals surface area contributed by atoms with Crippen molar-refractivity contribution < 1.29 is 13.2 Å². The van der Waals surface area contributed by atoms with Crippen LogP contribution in [0.4, 0.5) is 4.79 Å². The molecule has 0 fully saturated rings. The molecule has 2 aromatic heterocycles. The van der Waals surface area contributed by atoms with E-state index in [4.69, 9.17) is 16.6 Å². The molecule has 4 rings (SSSR count). The number of aromatic nitrogens is 3. The SMILES string of the molecule is CCc1nc(-c2ccccn2)cn1-c1ccc(CCNC(=O)NS(=O)(=O)c2ccc(Cl)cc2)cc1.[Na]. The van der Waals surface area contributed by atoms with Gasteiger partial charge in [0.15, 0.2) is 0 Å². The van der Waals surface area contributed by atoms with E-state index in [0.29, 0.717) is 11.4 Å². The van der Waals surface area contributed by atoms with Crippen molar-refractivity contribution in [3.63, 3.8) is 0 Å². The number of urea groups is 1. The maximum atomic E-state index is 12.3. The van der Waals surface area contributed by atoms with Crippen molar-refractivity contribution >= 4 is 57.2 Å². The van der Waals surface area contributed by atoms with Gasteiger partial charge in [0.1, 0.15) is 11.5 Å². The minimum atomic E-state index is -3.97. The average Bonchev–Trinajstić information content (AvgIpc) is 3.30. The summed E-state index contributed by atoms with van der Waals surface area (Å²) in [7, 11) is -3.97. The summed E-state index contributed by atoms with van der Waals surface area (Å²) >= 11 is 5.78. The van der Waals surface area contributed by atoms with Gasteiger partial charge in [-0.3, -0.25) is 4.98 Å². The fourth-order valence-electron chi connectivity index (χ4n) is 3.50. The molecule has 1 radical (unpaired) electrons. The largest absolute Gasteiger partial charge is 0.337 e. The van der Waals surface area contributed by atoms with Crippen LogP contribution in [0.3, 0.4) is 0 Å². The van der Waals surface area contributed by atoms with Crippen LogP contribution in [0.25, 0.3) is 17.1 Å². The van der Waals surface area contributed by atoms with Gasteiger partial charge in [-0.15, -0.1) is 0 Å². The number of nitrogens with one attached hydrogen (secondary N) is 2. The predicted molar refractivity (Wildman–Crippen MR) is 141 cm³/mol. The number of nitrogens with zero attached hydrogens (tertiary/aromatic N) is 3. The molecule has 36 heavy (non-hydrogen) atoms. The summed E-state index contributed by atoms with van der Waals surface area (Å²) in [4.78, 5) is 21.1. The number of carbonyl (C=O) groups excluding carboxylic acids is 1. The van der Waals surface area contributed by atoms with Gasteiger partial charge in [0.2, 0.25) is 0 Å². The van der Waals surface area contributed by atoms with Crippen molar-refractivity contribution in [1.82, 2.24) is 24.6 Å². The molecule has 0 atom stereocenters. The number of amides is 2. The molecule has 0 aliphatic heterocycles. The second-order valence-corrected chi connectivity index (χ2v) is 9.83. The number of hydrogen-bond acceptors (Lipinski definition) is 5. The zero-order valence-corrected chi connectivity index (χ0v) is 23.6. The number of aryl methyl sites for hydroxylation is 1. The van der Waals surface area contributed by atoms with E-state index in [9.17, 15) is 13.2 Å². The summed E-state index contributed by atoms with van der Waals surface area (Å²) < 4.78 is 28.6. The Hall–Kier alpha value is -2.69. The van der Waals surface area contributed by atoms with E-state index in [1.54, 1.807) is 6.20 Å². The van der Waals surface area contributed by atoms with Gasteiger partial charge >= 0.3 is 6.03 Å². The van der Waals surface area contributed by atoms with E-state index in [-0.39, 0.29) is 41.0 Å². The Morgan fingerprint density at radius 1 is 1.00 bits per heavy atom. The molecule has 8 nitrogen and oxygen atoms in total. The molecule has 0 aliphatic rings. The van der Waals surface area contributed by atoms with Gasteiger partial charge < -0.3 is 9.88 Å². The van der Waals surface area contributed by atoms with Crippen molar-refractivity contribution in [2.75, 3.05) is 6.54 Å². The third kappa shape index (κ3) is 6.96. The normalized spacial score (nSPS) is 10.9. The second-order valence-electron chi connectivity index (χ2n) is 7.71. The molecule has 2 aromatic carbocycles. The first-order valence-electron chi connectivity index (χ1n) is 11.0. The van der Waals surface area contributed by atoms with Crippen LogP contribution in [-0.2, 0) is 22.9 Å². The number of sulfonamides is 1. The molecule has 2 N–H and O–H groups in total. The molecule has 181 valence electrons. The first-order chi connectivity index (χ1) is 16.9. The van der Waals surface area contributed by atoms with Crippen molar-refractivity contribution in [2.24, 2.45) is 0 Å². The topological polar surface area (TPSA) is 106 Å². The van der Waals surface area contributed by atoms with Gasteiger partial charge in [0, 0.05) is 65.6 Å². The minimum Gasteiger partial charge on any atom is -0.337 e. The number of halogens is 1. The van der Waals surface area contributed by atoms with Gasteiger partial charge in [0.05, 0.1) is 10.6 Å². The van der Waals surface area contributed by atoms with E-state index in [0.717, 1.165) is 34.9 Å². The van der Waals surface area contributed by atoms with E-state index in [1.807, 2.05) is 58.0 Å². The molecule has 2 heterocycles. The Labute approximate surface area is 237 Å². The summed E-state index contributed by atoms with van der Waals surface area (Å²) in [6.45, 7) is 2.33. The van der Waals surface area contributed by atoms with Crippen LogP contribution in [0, 0.1) is 0 Å². The maximum absolute atomic E-state index is 12.3. The fraction of sp³-hybridized carbons (Fsp3) is 0.160. The summed E-state index contributed by atoms with van der Waals surface area (Å²) in [6, 6.07) is 18.4. The molecule has 0 spiro atoms. The van der Waals surface area contributed by atoms with Crippen LogP contribution in [-0.4, -0.2) is 65.1 Å². The second kappa shape index (κ2) is 12.5. The number of imidazole rings is 1. The Morgan fingerprint density at radius 3 is 2.36 bits per heavy atom. The molecule has 0 saturated carbocycles. The number of benzene rings is 2. The molecular formula is C25H24ClN5NaO3S. The van der Waals surface area contributed by atoms with Crippen molar-refractivity contribution in [2.45, 2.75) is 24.7 Å². The summed E-state index contributed by atoms with van der Waals surface area (Å²) in [6.07, 6.45) is 5.03. The zero-order chi connectivity index (χ0) is 24.8. The molecule has 0 aliphatic carbocycles. The molecule has 0 bridgehead atoms. The first kappa shape index (κ1) is 27.9. The molecular weight excluding hydrogens is 509 g/mol. The Morgan fingerprint density at radius 2 is 1.72 bits per heavy atom. The molecule has 11 heteroatoms. The predicted octanol–water partition coefficient (Wildman–Crippen LogP) is 4.00. The van der Waals surface area contributed by atoms with E-state index < -0.39 is 16.1 Å². The van der Waals surface area contributed by atoms with Crippen LogP contribution < -0.4 is 10.0 Å². The molecule has 0 unspecified atom stereocenters. The van der Waals surface area contributed by atoms with Crippen LogP contribution >= 0.6 is 11.6 Å². The monoisotopic (exact) mass is 532 g/mol. The summed E-state index contributed by atoms with van der Waals surface area (Å²) in [5.74, 6) is 0.929. The van der Waals surface area contributed by atoms with Gasteiger partial charge in [-0.25, -0.2) is 22.9 Å². The zero-order valence-electron chi connectivity index (χ0n) is 20.0. The van der Waals surface area contributed by atoms with Crippen LogP contribution in [0.2, 0.25) is 5.02 Å². The van der Waals surface area contributed by atoms with E-state index in [1.165, 1.54) is 24.3 Å². The van der Waals surface area contributed by atoms with Crippen molar-refractivity contribution in [1.29, 1.82) is 0 Å². The van der Waals surface area contributed by atoms with Crippen molar-refractivity contribution in [3.8, 4) is 17.1 Å². The number of pyridine rings is 1. The van der Waals surface area contributed by atoms with Gasteiger partial charge in [-0.05, 0) is 60.5 Å². The summed E-state index contributed by atoms with van der Waals surface area (Å²) in [5.41, 5.74) is 3.60. The van der Waals surface area contributed by atoms with Crippen LogP contribution in [0.15, 0.2) is 84.0 Å². The Kier molecular flexibility index (Phi) is 9.69. The van der Waals surface area contributed by atoms with Crippen LogP contribution in [0.5, 0.6) is 0 Å². The molecule has 4 aromatic rings. The average molecular weight is 533 g/mol. The van der Waals surface area contributed by atoms with Gasteiger partial charge in [-0.1, -0.05) is 36.7 Å². The standard InChI is InChI=1S/C25H24ClN5O3S.Na/c1-2-24-29-23(22-5-3-4-15-27-22)17-31(24)20-10-6-18(7-11-20)14-16-28-25(32)30-35(33,34)21-12-8-19(26)9-13-21;/h3-13,15,17H,2,14,16H2,1H3,(H2,28,30,32);. The van der Waals surface area contributed by atoms with Crippen molar-refractivity contribution in [3.05, 3.63) is 95.5 Å². The maximum Gasteiger partial charge on any atom is 0.328 e. The Bertz CT molecular complexity index is 1410. The van der Waals surface area contributed by atoms with E-state index in [2.05, 4.69) is 17.2 Å². The number of carbonyl (C=O) groups is 1. The third-order valence-electron chi connectivity index (χ3n) is 5.29. The van der Waals surface area contributed by atoms with E-state index >= 15 is 0 Å². The quantitative estimate of drug-likeness (QED) is 0.334. The first-order valence-corrected chi connectivity index (χ1v) is 12.9. The number of hydrogen-bond donors (Lipinski definition) is 2. The molecule has 2 amide bonds. The smallest absolute Gasteiger partial charge is 0.328 e. The van der Waals surface area contributed by atoms with Gasteiger partial charge in [-0.2, -0.15) is 0 Å². The minimum absolute atomic E-state index is 0. The Balaban J connectivity index is 0.00000361. The van der Waals surface area contributed by atoms with Crippen LogP contribution in [0.1, 0.15) is 18.3 Å². The number of rotatable bonds is 8. The summed E-state index contributed by atoms with van der Waals surface area (Å²) in [5, 5.41) is 2.99. The third-order valence-corrected chi connectivity index (χ3v) is 6.89. The molecule has 0 saturated heterocycles. The van der Waals surface area contributed by atoms with Gasteiger partial charge in [0.25, 0.3) is 10.0 Å². The fourth-order valence-corrected chi connectivity index (χ4v) is 4.56.